The fourth-order valence-corrected chi connectivity index (χ4v) is 2.53. The zero-order valence-corrected chi connectivity index (χ0v) is 11.9. The van der Waals surface area contributed by atoms with Gasteiger partial charge < -0.3 is 15.5 Å². The topological polar surface area (TPSA) is 52.5 Å². The van der Waals surface area contributed by atoms with Crippen molar-refractivity contribution in [3.8, 4) is 0 Å². The summed E-state index contributed by atoms with van der Waals surface area (Å²) in [6.45, 7) is 0.413. The summed E-state index contributed by atoms with van der Waals surface area (Å²) < 4.78 is 0. The molecule has 2 unspecified atom stereocenters. The lowest BCUT2D eigenvalue weighted by molar-refractivity contribution is 0.211. The highest BCUT2D eigenvalue weighted by Crippen LogP contribution is 2.26. The third kappa shape index (κ3) is 3.94. The van der Waals surface area contributed by atoms with Gasteiger partial charge in [0.25, 0.3) is 0 Å². The molecule has 0 bridgehead atoms. The van der Waals surface area contributed by atoms with Gasteiger partial charge in [0.1, 0.15) is 6.10 Å². The van der Waals surface area contributed by atoms with Gasteiger partial charge in [0.15, 0.2) is 0 Å². The van der Waals surface area contributed by atoms with Gasteiger partial charge in [-0.05, 0) is 29.1 Å². The van der Waals surface area contributed by atoms with Gasteiger partial charge in [0.05, 0.1) is 12.0 Å². The van der Waals surface area contributed by atoms with Crippen LogP contribution in [0, 0.1) is 0 Å². The van der Waals surface area contributed by atoms with E-state index in [0.717, 1.165) is 16.1 Å². The fraction of sp³-hybridized carbons (Fsp3) is 0.286. The summed E-state index contributed by atoms with van der Waals surface area (Å²) in [7, 11) is 0. The molecule has 2 atom stereocenters. The predicted molar refractivity (Wildman–Crippen MR) is 80.0 cm³/mol. The zero-order valence-electron chi connectivity index (χ0n) is 10.3. The van der Waals surface area contributed by atoms with Crippen molar-refractivity contribution in [1.29, 1.82) is 0 Å². The van der Waals surface area contributed by atoms with Crippen LogP contribution in [0.3, 0.4) is 0 Å². The Morgan fingerprint density at radius 3 is 2.47 bits per heavy atom. The van der Waals surface area contributed by atoms with Crippen molar-refractivity contribution in [3.05, 3.63) is 52.2 Å². The quantitative estimate of drug-likeness (QED) is 0.719. The highest BCUT2D eigenvalue weighted by Gasteiger charge is 2.11. The number of aliphatic hydroxyl groups excluding tert-OH is 2. The van der Waals surface area contributed by atoms with E-state index in [9.17, 15) is 10.2 Å². The van der Waals surface area contributed by atoms with Crippen LogP contribution in [0.1, 0.15) is 16.5 Å². The minimum Gasteiger partial charge on any atom is -0.390 e. The van der Waals surface area contributed by atoms with Gasteiger partial charge in [-0.3, -0.25) is 0 Å². The molecule has 3 N–H and O–H groups in total. The van der Waals surface area contributed by atoms with Crippen LogP contribution in [0.2, 0.25) is 0 Å². The first-order valence-corrected chi connectivity index (χ1v) is 7.41. The van der Waals surface area contributed by atoms with Crippen LogP contribution in [-0.2, 0) is 0 Å². The molecular weight excluding hydrogens is 282 g/mol. The second-order valence-corrected chi connectivity index (χ2v) is 5.52. The van der Waals surface area contributed by atoms with Crippen molar-refractivity contribution < 1.29 is 10.2 Å². The van der Waals surface area contributed by atoms with Crippen LogP contribution in [0.4, 0.5) is 5.69 Å². The van der Waals surface area contributed by atoms with E-state index >= 15 is 0 Å². The van der Waals surface area contributed by atoms with E-state index in [0.29, 0.717) is 6.54 Å². The van der Waals surface area contributed by atoms with Crippen LogP contribution >= 0.6 is 22.9 Å². The molecule has 3 nitrogen and oxygen atoms in total. The SMILES string of the molecule is OC(CCl)CNc1ccc(C(O)c2cccs2)cc1. The van der Waals surface area contributed by atoms with Gasteiger partial charge in [0, 0.05) is 17.1 Å². The van der Waals surface area contributed by atoms with E-state index in [-0.39, 0.29) is 5.88 Å². The van der Waals surface area contributed by atoms with E-state index in [1.54, 1.807) is 0 Å². The molecule has 1 aromatic heterocycles. The molecule has 1 heterocycles. The number of thiophene rings is 1. The summed E-state index contributed by atoms with van der Waals surface area (Å²) in [6, 6.07) is 11.4. The summed E-state index contributed by atoms with van der Waals surface area (Å²) >= 11 is 7.05. The molecule has 19 heavy (non-hydrogen) atoms. The second kappa shape index (κ2) is 6.91. The number of hydrogen-bond donors (Lipinski definition) is 3. The molecule has 0 fully saturated rings. The molecule has 5 heteroatoms. The summed E-state index contributed by atoms with van der Waals surface area (Å²) in [5.74, 6) is 0.210. The van der Waals surface area contributed by atoms with Gasteiger partial charge in [-0.25, -0.2) is 0 Å². The molecule has 0 saturated heterocycles. The molecule has 2 rings (SSSR count). The Morgan fingerprint density at radius 2 is 1.89 bits per heavy atom. The highest BCUT2D eigenvalue weighted by atomic mass is 35.5. The predicted octanol–water partition coefficient (Wildman–Crippen LogP) is 2.84. The summed E-state index contributed by atoms with van der Waals surface area (Å²) in [5, 5.41) is 24.5. The Bertz CT molecular complexity index is 487. The molecule has 102 valence electrons. The van der Waals surface area contributed by atoms with Crippen molar-refractivity contribution in [1.82, 2.24) is 0 Å². The lowest BCUT2D eigenvalue weighted by atomic mass is 10.1. The lowest BCUT2D eigenvalue weighted by Gasteiger charge is -2.12. The molecular formula is C14H16ClNO2S. The Kier molecular flexibility index (Phi) is 5.22. The molecule has 1 aromatic carbocycles. The van der Waals surface area contributed by atoms with E-state index in [4.69, 9.17) is 11.6 Å². The first kappa shape index (κ1) is 14.3. The molecule has 0 saturated carbocycles. The van der Waals surface area contributed by atoms with Crippen molar-refractivity contribution in [3.63, 3.8) is 0 Å². The zero-order chi connectivity index (χ0) is 13.7. The highest BCUT2D eigenvalue weighted by molar-refractivity contribution is 7.10. The summed E-state index contributed by atoms with van der Waals surface area (Å²) in [4.78, 5) is 0.929. The molecule has 0 aliphatic rings. The van der Waals surface area contributed by atoms with Crippen molar-refractivity contribution in [2.75, 3.05) is 17.7 Å². The van der Waals surface area contributed by atoms with Crippen molar-refractivity contribution >= 4 is 28.6 Å². The van der Waals surface area contributed by atoms with Crippen molar-refractivity contribution in [2.24, 2.45) is 0 Å². The third-order valence-corrected chi connectivity index (χ3v) is 4.04. The number of alkyl halides is 1. The van der Waals surface area contributed by atoms with Crippen LogP contribution in [0.5, 0.6) is 0 Å². The number of anilines is 1. The maximum atomic E-state index is 10.2. The third-order valence-electron chi connectivity index (χ3n) is 2.76. The van der Waals surface area contributed by atoms with E-state index in [1.165, 1.54) is 11.3 Å². The molecule has 0 spiro atoms. The molecule has 2 aromatic rings. The number of hydrogen-bond acceptors (Lipinski definition) is 4. The summed E-state index contributed by atoms with van der Waals surface area (Å²) in [6.07, 6.45) is -1.14. The maximum Gasteiger partial charge on any atom is 0.113 e. The average molecular weight is 298 g/mol. The monoisotopic (exact) mass is 297 g/mol. The minimum absolute atomic E-state index is 0.210. The Hall–Kier alpha value is -1.07. The van der Waals surface area contributed by atoms with Gasteiger partial charge >= 0.3 is 0 Å². The Morgan fingerprint density at radius 1 is 1.16 bits per heavy atom. The largest absolute Gasteiger partial charge is 0.390 e. The first-order valence-electron chi connectivity index (χ1n) is 6.00. The Labute approximate surface area is 121 Å². The standard InChI is InChI=1S/C14H16ClNO2S/c15-8-12(17)9-16-11-5-3-10(4-6-11)14(18)13-2-1-7-19-13/h1-7,12,14,16-18H,8-9H2. The first-order chi connectivity index (χ1) is 9.20. The summed E-state index contributed by atoms with van der Waals surface area (Å²) in [5.41, 5.74) is 1.75. The van der Waals surface area contributed by atoms with Crippen LogP contribution in [-0.4, -0.2) is 28.7 Å². The van der Waals surface area contributed by atoms with Gasteiger partial charge in [0.2, 0.25) is 0 Å². The molecule has 0 radical (unpaired) electrons. The number of benzene rings is 1. The van der Waals surface area contributed by atoms with Gasteiger partial charge in [-0.2, -0.15) is 0 Å². The van der Waals surface area contributed by atoms with E-state index in [2.05, 4.69) is 5.32 Å². The van der Waals surface area contributed by atoms with Gasteiger partial charge in [-0.15, -0.1) is 22.9 Å². The number of nitrogens with one attached hydrogen (secondary N) is 1. The van der Waals surface area contributed by atoms with E-state index in [1.807, 2.05) is 41.8 Å². The van der Waals surface area contributed by atoms with Crippen LogP contribution in [0.25, 0.3) is 0 Å². The molecule has 0 aliphatic carbocycles. The number of halogens is 1. The number of rotatable bonds is 6. The second-order valence-electron chi connectivity index (χ2n) is 4.23. The van der Waals surface area contributed by atoms with E-state index < -0.39 is 12.2 Å². The molecule has 0 amide bonds. The van der Waals surface area contributed by atoms with Gasteiger partial charge in [-0.1, -0.05) is 18.2 Å². The minimum atomic E-state index is -0.581. The van der Waals surface area contributed by atoms with Crippen molar-refractivity contribution in [2.45, 2.75) is 12.2 Å². The smallest absolute Gasteiger partial charge is 0.113 e. The average Bonchev–Trinajstić information content (AvgIpc) is 2.98. The maximum absolute atomic E-state index is 10.2. The fourth-order valence-electron chi connectivity index (χ4n) is 1.68. The molecule has 0 aliphatic heterocycles. The lowest BCUT2D eigenvalue weighted by Crippen LogP contribution is -2.20. The van der Waals surface area contributed by atoms with Crippen LogP contribution < -0.4 is 5.32 Å². The number of aliphatic hydroxyl groups is 2. The van der Waals surface area contributed by atoms with Crippen LogP contribution in [0.15, 0.2) is 41.8 Å². The Balaban J connectivity index is 1.98. The normalized spacial score (nSPS) is 14.1.